The molecular formula is C55H69N9. The van der Waals surface area contributed by atoms with E-state index in [9.17, 15) is 0 Å². The minimum Gasteiger partial charge on any atom is -0.403 e. The van der Waals surface area contributed by atoms with Gasteiger partial charge in [0.1, 0.15) is 0 Å². The fourth-order valence-electron chi connectivity index (χ4n) is 7.65. The lowest BCUT2D eigenvalue weighted by Crippen LogP contribution is -2.13. The summed E-state index contributed by atoms with van der Waals surface area (Å²) in [7, 11) is 0. The lowest BCUT2D eigenvalue weighted by Gasteiger charge is -2.26. The second kappa shape index (κ2) is 25.4. The smallest absolute Gasteiger partial charge is 0.0991 e. The predicted molar refractivity (Wildman–Crippen MR) is 272 cm³/mol. The maximum absolute atomic E-state index is 8.69. The van der Waals surface area contributed by atoms with E-state index >= 15 is 0 Å². The van der Waals surface area contributed by atoms with Gasteiger partial charge in [-0.3, -0.25) is 9.98 Å². The zero-order chi connectivity index (χ0) is 46.5. The highest BCUT2D eigenvalue weighted by Crippen LogP contribution is 2.35. The maximum Gasteiger partial charge on any atom is 0.0991 e. The van der Waals surface area contributed by atoms with Gasteiger partial charge in [0.2, 0.25) is 0 Å². The molecule has 4 aromatic rings. The van der Waals surface area contributed by atoms with Crippen LogP contribution in [0.5, 0.6) is 0 Å². The van der Waals surface area contributed by atoms with E-state index in [0.29, 0.717) is 11.8 Å². The first kappa shape index (κ1) is 49.9. The fourth-order valence-corrected chi connectivity index (χ4v) is 7.65. The van der Waals surface area contributed by atoms with Crippen molar-refractivity contribution in [1.29, 1.82) is 16.1 Å². The van der Waals surface area contributed by atoms with Gasteiger partial charge in [0.05, 0.1) is 23.0 Å². The standard InChI is InChI=1S/C27H32N4.C17H26N4.C11H11N/c1-4-20-9-11-26-22(12-20)6-5-7-23(26)13-21-8-10-24(15-28)27(14-21)31-25(16-29)18-30-17-19(2)3;1-5-13-6-7-14(9-18)16(8-13)21-15(10-19)11-20-12-17(2,3)4;12-8-9-5-6-10-3-1-2-4-11(10)7-9/h1,8-12,14-16,18-19,23,28,31H,5-7,13,17,29H2,2-3H3;6-11,18,21H,5,12,19H2,1-4H3;5-7H,1-4H2/b25-16+,28-15?,30-18?;15-10+,18-9?,20-11?;. The predicted octanol–water partition coefficient (Wildman–Crippen LogP) is 11.3. The van der Waals surface area contributed by atoms with Crippen LogP contribution in [0.25, 0.3) is 0 Å². The number of anilines is 2. The molecule has 0 saturated heterocycles. The summed E-state index contributed by atoms with van der Waals surface area (Å²) >= 11 is 0. The third-order valence-corrected chi connectivity index (χ3v) is 11.1. The molecule has 0 bridgehead atoms. The van der Waals surface area contributed by atoms with Crippen LogP contribution in [-0.4, -0.2) is 37.9 Å². The maximum atomic E-state index is 8.69. The first-order valence-electron chi connectivity index (χ1n) is 22.6. The quantitative estimate of drug-likeness (QED) is 0.0546. The molecule has 0 aromatic heterocycles. The highest BCUT2D eigenvalue weighted by atomic mass is 14.9. The summed E-state index contributed by atoms with van der Waals surface area (Å²) in [5, 5.41) is 30.5. The highest BCUT2D eigenvalue weighted by Gasteiger charge is 2.21. The molecule has 1 unspecified atom stereocenters. The molecule has 0 heterocycles. The number of rotatable bonds is 14. The number of aryl methyl sites for hydroxylation is 4. The van der Waals surface area contributed by atoms with Crippen LogP contribution in [0.1, 0.15) is 129 Å². The van der Waals surface area contributed by atoms with Crippen molar-refractivity contribution in [2.24, 2.45) is 32.8 Å². The van der Waals surface area contributed by atoms with E-state index in [1.165, 1.54) is 90.3 Å². The van der Waals surface area contributed by atoms with E-state index in [1.54, 1.807) is 12.4 Å². The minimum absolute atomic E-state index is 0.151. The molecule has 0 aliphatic heterocycles. The van der Waals surface area contributed by atoms with E-state index < -0.39 is 0 Å². The van der Waals surface area contributed by atoms with Gasteiger partial charge in [-0.15, -0.1) is 6.42 Å². The molecular weight excluding hydrogens is 787 g/mol. The van der Waals surface area contributed by atoms with Crippen LogP contribution in [-0.2, 0) is 32.1 Å². The number of aliphatic imine (C=N–C) groups is 2. The third-order valence-electron chi connectivity index (χ3n) is 11.1. The van der Waals surface area contributed by atoms with Crippen LogP contribution in [0.3, 0.4) is 0 Å². The zero-order valence-electron chi connectivity index (χ0n) is 38.9. The Labute approximate surface area is 383 Å². The van der Waals surface area contributed by atoms with Gasteiger partial charge in [0.15, 0.2) is 0 Å². The number of terminal acetylenes is 1. The molecule has 8 N–H and O–H groups in total. The third kappa shape index (κ3) is 15.9. The second-order valence-electron chi connectivity index (χ2n) is 18.1. The summed E-state index contributed by atoms with van der Waals surface area (Å²) in [6.45, 7) is 14.3. The molecule has 6 rings (SSSR count). The summed E-state index contributed by atoms with van der Waals surface area (Å²) in [5.74, 6) is 3.72. The number of allylic oxidation sites excluding steroid dienone is 2. The van der Waals surface area contributed by atoms with Gasteiger partial charge >= 0.3 is 0 Å². The van der Waals surface area contributed by atoms with Gasteiger partial charge in [0.25, 0.3) is 0 Å². The minimum atomic E-state index is 0.151. The number of nitriles is 1. The Morgan fingerprint density at radius 3 is 1.94 bits per heavy atom. The molecule has 0 spiro atoms. The lowest BCUT2D eigenvalue weighted by atomic mass is 9.79. The Hall–Kier alpha value is -6.71. The molecule has 64 heavy (non-hydrogen) atoms. The van der Waals surface area contributed by atoms with Crippen LogP contribution in [0.15, 0.2) is 107 Å². The Balaban J connectivity index is 0.000000233. The number of hydrogen-bond donors (Lipinski definition) is 6. The second-order valence-corrected chi connectivity index (χ2v) is 18.1. The summed E-state index contributed by atoms with van der Waals surface area (Å²) < 4.78 is 0. The van der Waals surface area contributed by atoms with Gasteiger partial charge < -0.3 is 32.9 Å². The number of fused-ring (bicyclic) bond motifs is 2. The average Bonchev–Trinajstić information content (AvgIpc) is 3.30. The van der Waals surface area contributed by atoms with E-state index in [2.05, 4.69) is 111 Å². The molecule has 0 radical (unpaired) electrons. The first-order chi connectivity index (χ1) is 30.8. The normalized spacial score (nSPS) is 14.8. The average molecular weight is 856 g/mol. The van der Waals surface area contributed by atoms with Crippen molar-refractivity contribution in [2.75, 3.05) is 23.7 Å². The molecule has 2 aliphatic carbocycles. The van der Waals surface area contributed by atoms with E-state index in [4.69, 9.17) is 34.0 Å². The van der Waals surface area contributed by atoms with Crippen LogP contribution in [0.2, 0.25) is 0 Å². The molecule has 0 amide bonds. The van der Waals surface area contributed by atoms with Crippen molar-refractivity contribution in [1.82, 2.24) is 0 Å². The molecule has 0 fully saturated rings. The van der Waals surface area contributed by atoms with Crippen molar-refractivity contribution in [3.8, 4) is 18.4 Å². The van der Waals surface area contributed by atoms with E-state index in [1.807, 2.05) is 36.4 Å². The SMILES string of the molecule is C#Cc1ccc2c(c1)CCCC2Cc1ccc(C=N)c(N/C(C=NCC(C)C)=C/N)c1.CCc1ccc(C=N)c(N/C(C=NCC(C)(C)C)=C/N)c1.N#Cc1ccc2c(c1)CCCC2. The lowest BCUT2D eigenvalue weighted by molar-refractivity contribution is 0.430. The topological polar surface area (TPSA) is 172 Å². The van der Waals surface area contributed by atoms with E-state index in [-0.39, 0.29) is 5.41 Å². The van der Waals surface area contributed by atoms with Crippen LogP contribution < -0.4 is 22.1 Å². The number of benzene rings is 4. The molecule has 1 atom stereocenters. The van der Waals surface area contributed by atoms with Crippen molar-refractivity contribution < 1.29 is 0 Å². The highest BCUT2D eigenvalue weighted by molar-refractivity contribution is 5.91. The van der Waals surface area contributed by atoms with Crippen molar-refractivity contribution >= 4 is 36.2 Å². The van der Waals surface area contributed by atoms with Crippen molar-refractivity contribution in [3.63, 3.8) is 0 Å². The molecule has 9 heteroatoms. The molecule has 2 aliphatic rings. The number of hydrogen-bond acceptors (Lipinski definition) is 9. The first-order valence-corrected chi connectivity index (χ1v) is 22.6. The summed E-state index contributed by atoms with van der Waals surface area (Å²) in [6, 6.07) is 26.9. The van der Waals surface area contributed by atoms with Crippen LogP contribution in [0, 0.1) is 45.8 Å². The van der Waals surface area contributed by atoms with Gasteiger partial charge in [-0.1, -0.05) is 83.9 Å². The van der Waals surface area contributed by atoms with Crippen LogP contribution >= 0.6 is 0 Å². The number of nitrogens with two attached hydrogens (primary N) is 2. The van der Waals surface area contributed by atoms with Gasteiger partial charge in [-0.25, -0.2) is 0 Å². The molecule has 4 aromatic carbocycles. The Morgan fingerprint density at radius 2 is 1.36 bits per heavy atom. The van der Waals surface area contributed by atoms with Gasteiger partial charge in [-0.05, 0) is 145 Å². The number of nitrogens with zero attached hydrogens (tertiary/aromatic N) is 3. The van der Waals surface area contributed by atoms with Crippen molar-refractivity contribution in [3.05, 3.63) is 152 Å². The molecule has 9 nitrogen and oxygen atoms in total. The van der Waals surface area contributed by atoms with Gasteiger partial charge in [-0.2, -0.15) is 5.26 Å². The summed E-state index contributed by atoms with van der Waals surface area (Å²) in [5.41, 5.74) is 26.3. The van der Waals surface area contributed by atoms with Crippen molar-refractivity contribution in [2.45, 2.75) is 105 Å². The summed E-state index contributed by atoms with van der Waals surface area (Å²) in [6.07, 6.45) is 25.1. The monoisotopic (exact) mass is 856 g/mol. The molecule has 334 valence electrons. The fraction of sp³-hybridized carbons (Fsp3) is 0.364. The van der Waals surface area contributed by atoms with Gasteiger partial charge in [0, 0.05) is 78.4 Å². The zero-order valence-corrected chi connectivity index (χ0v) is 38.9. The Kier molecular flexibility index (Phi) is 19.8. The van der Waals surface area contributed by atoms with E-state index in [0.717, 1.165) is 83.8 Å². The number of nitrogens with one attached hydrogen (secondary N) is 4. The Morgan fingerprint density at radius 1 is 0.781 bits per heavy atom. The van der Waals surface area contributed by atoms with Crippen LogP contribution in [0.4, 0.5) is 11.4 Å². The Bertz CT molecular complexity index is 2400. The molecule has 0 saturated carbocycles. The largest absolute Gasteiger partial charge is 0.403 e. The summed E-state index contributed by atoms with van der Waals surface area (Å²) in [4.78, 5) is 8.86.